The van der Waals surface area contributed by atoms with Crippen LogP contribution in [0.5, 0.6) is 0 Å². The average molecular weight is 313 g/mol. The summed E-state index contributed by atoms with van der Waals surface area (Å²) in [6.07, 6.45) is 3.01. The number of aliphatic hydroxyl groups is 1. The molecule has 0 saturated heterocycles. The van der Waals surface area contributed by atoms with Gasteiger partial charge in [-0.1, -0.05) is 0 Å². The first-order chi connectivity index (χ1) is 11.0. The molecule has 1 aliphatic rings. The minimum atomic E-state index is -0.205. The molecule has 0 spiro atoms. The van der Waals surface area contributed by atoms with Crippen molar-refractivity contribution in [1.82, 2.24) is 15.1 Å². The first-order valence-corrected chi connectivity index (χ1v) is 8.15. The van der Waals surface area contributed by atoms with E-state index in [4.69, 9.17) is 0 Å². The van der Waals surface area contributed by atoms with Gasteiger partial charge in [0.15, 0.2) is 0 Å². The van der Waals surface area contributed by atoms with E-state index < -0.39 is 0 Å². The van der Waals surface area contributed by atoms with Crippen LogP contribution in [0.4, 0.5) is 0 Å². The highest BCUT2D eigenvalue weighted by Crippen LogP contribution is 2.19. The van der Waals surface area contributed by atoms with Crippen LogP contribution in [0.2, 0.25) is 0 Å². The fourth-order valence-electron chi connectivity index (χ4n) is 3.13. The van der Waals surface area contributed by atoms with Gasteiger partial charge >= 0.3 is 0 Å². The monoisotopic (exact) mass is 313 g/mol. The Morgan fingerprint density at radius 2 is 1.83 bits per heavy atom. The molecule has 5 heteroatoms. The molecule has 1 fully saturated rings. The molecule has 1 aliphatic carbocycles. The number of aromatic nitrogens is 2. The van der Waals surface area contributed by atoms with Crippen LogP contribution in [0, 0.1) is 13.8 Å². The molecular weight excluding hydrogens is 290 g/mol. The van der Waals surface area contributed by atoms with Gasteiger partial charge in [-0.3, -0.25) is 4.79 Å². The molecule has 2 aromatic rings. The molecule has 3 rings (SSSR count). The number of benzene rings is 1. The molecule has 1 amide bonds. The molecule has 23 heavy (non-hydrogen) atoms. The van der Waals surface area contributed by atoms with Crippen molar-refractivity contribution in [3.8, 4) is 5.69 Å². The summed E-state index contributed by atoms with van der Waals surface area (Å²) in [5, 5.41) is 17.0. The molecule has 0 bridgehead atoms. The zero-order valence-corrected chi connectivity index (χ0v) is 13.6. The van der Waals surface area contributed by atoms with Crippen LogP contribution in [-0.2, 0) is 0 Å². The number of nitrogens with one attached hydrogen (secondary N) is 1. The molecule has 0 unspecified atom stereocenters. The molecule has 1 saturated carbocycles. The predicted molar refractivity (Wildman–Crippen MR) is 88.8 cm³/mol. The Labute approximate surface area is 136 Å². The Bertz CT molecular complexity index is 683. The van der Waals surface area contributed by atoms with E-state index in [1.54, 1.807) is 0 Å². The third-order valence-electron chi connectivity index (χ3n) is 4.42. The molecule has 2 N–H and O–H groups in total. The number of aryl methyl sites for hydroxylation is 2. The molecule has 1 aromatic carbocycles. The van der Waals surface area contributed by atoms with Gasteiger partial charge in [0.25, 0.3) is 5.91 Å². The first-order valence-electron chi connectivity index (χ1n) is 8.15. The van der Waals surface area contributed by atoms with Crippen LogP contribution in [0.1, 0.15) is 47.4 Å². The molecular formula is C18H23N3O2. The summed E-state index contributed by atoms with van der Waals surface area (Å²) in [6, 6.07) is 9.69. The summed E-state index contributed by atoms with van der Waals surface area (Å²) in [5.41, 5.74) is 3.65. The number of hydrogen-bond acceptors (Lipinski definition) is 3. The Balaban J connectivity index is 1.67. The van der Waals surface area contributed by atoms with Crippen molar-refractivity contribution < 1.29 is 9.90 Å². The van der Waals surface area contributed by atoms with Gasteiger partial charge in [-0.15, -0.1) is 0 Å². The Morgan fingerprint density at radius 3 is 2.39 bits per heavy atom. The molecule has 0 radical (unpaired) electrons. The largest absolute Gasteiger partial charge is 0.393 e. The number of rotatable bonds is 3. The summed E-state index contributed by atoms with van der Waals surface area (Å²) in [6.45, 7) is 3.98. The number of carbonyl (C=O) groups excluding carboxylic acids is 1. The molecule has 1 heterocycles. The van der Waals surface area contributed by atoms with Crippen LogP contribution >= 0.6 is 0 Å². The SMILES string of the molecule is Cc1cc(C)n(-c2ccc(C(=O)NC3CCC(O)CC3)cc2)n1. The van der Waals surface area contributed by atoms with Gasteiger partial charge in [0.2, 0.25) is 0 Å². The van der Waals surface area contributed by atoms with E-state index in [2.05, 4.69) is 10.4 Å². The second-order valence-corrected chi connectivity index (χ2v) is 6.36. The van der Waals surface area contributed by atoms with Crippen molar-refractivity contribution in [2.24, 2.45) is 0 Å². The Kier molecular flexibility index (Phi) is 4.48. The van der Waals surface area contributed by atoms with E-state index in [0.717, 1.165) is 42.8 Å². The quantitative estimate of drug-likeness (QED) is 0.915. The summed E-state index contributed by atoms with van der Waals surface area (Å²) < 4.78 is 1.87. The van der Waals surface area contributed by atoms with Gasteiger partial charge in [-0.05, 0) is 69.9 Å². The zero-order chi connectivity index (χ0) is 16.4. The maximum Gasteiger partial charge on any atom is 0.251 e. The third kappa shape index (κ3) is 3.62. The Morgan fingerprint density at radius 1 is 1.17 bits per heavy atom. The van der Waals surface area contributed by atoms with Crippen molar-refractivity contribution in [1.29, 1.82) is 0 Å². The molecule has 0 aliphatic heterocycles. The van der Waals surface area contributed by atoms with Crippen LogP contribution in [0.3, 0.4) is 0 Å². The summed E-state index contributed by atoms with van der Waals surface area (Å²) in [4.78, 5) is 12.3. The molecule has 5 nitrogen and oxygen atoms in total. The maximum atomic E-state index is 12.3. The predicted octanol–water partition coefficient (Wildman–Crippen LogP) is 2.52. The lowest BCUT2D eigenvalue weighted by molar-refractivity contribution is 0.0867. The van der Waals surface area contributed by atoms with Crippen LogP contribution < -0.4 is 5.32 Å². The van der Waals surface area contributed by atoms with Crippen molar-refractivity contribution in [3.05, 3.63) is 47.3 Å². The van der Waals surface area contributed by atoms with Gasteiger partial charge in [0.05, 0.1) is 17.5 Å². The van der Waals surface area contributed by atoms with E-state index in [1.807, 2.05) is 48.9 Å². The minimum Gasteiger partial charge on any atom is -0.393 e. The van der Waals surface area contributed by atoms with E-state index in [-0.39, 0.29) is 18.1 Å². The third-order valence-corrected chi connectivity index (χ3v) is 4.42. The molecule has 122 valence electrons. The topological polar surface area (TPSA) is 67.2 Å². The Hall–Kier alpha value is -2.14. The second-order valence-electron chi connectivity index (χ2n) is 6.36. The van der Waals surface area contributed by atoms with Crippen LogP contribution in [0.15, 0.2) is 30.3 Å². The van der Waals surface area contributed by atoms with Gasteiger partial charge < -0.3 is 10.4 Å². The van der Waals surface area contributed by atoms with E-state index in [9.17, 15) is 9.90 Å². The highest BCUT2D eigenvalue weighted by Gasteiger charge is 2.21. The smallest absolute Gasteiger partial charge is 0.251 e. The van der Waals surface area contributed by atoms with Gasteiger partial charge in [-0.2, -0.15) is 5.10 Å². The number of aliphatic hydroxyl groups excluding tert-OH is 1. The molecule has 0 atom stereocenters. The van der Waals surface area contributed by atoms with E-state index in [0.29, 0.717) is 5.56 Å². The number of carbonyl (C=O) groups is 1. The lowest BCUT2D eigenvalue weighted by Gasteiger charge is -2.26. The van der Waals surface area contributed by atoms with E-state index >= 15 is 0 Å². The number of amides is 1. The first kappa shape index (κ1) is 15.7. The second kappa shape index (κ2) is 6.54. The normalized spacial score (nSPS) is 21.2. The lowest BCUT2D eigenvalue weighted by atomic mass is 9.93. The van der Waals surface area contributed by atoms with Gasteiger partial charge in [0, 0.05) is 17.3 Å². The fraction of sp³-hybridized carbons (Fsp3) is 0.444. The van der Waals surface area contributed by atoms with Gasteiger partial charge in [0.1, 0.15) is 0 Å². The highest BCUT2D eigenvalue weighted by molar-refractivity contribution is 5.94. The van der Waals surface area contributed by atoms with Gasteiger partial charge in [-0.25, -0.2) is 4.68 Å². The summed E-state index contributed by atoms with van der Waals surface area (Å²) in [7, 11) is 0. The number of hydrogen-bond donors (Lipinski definition) is 2. The average Bonchev–Trinajstić information content (AvgIpc) is 2.88. The van der Waals surface area contributed by atoms with Crippen LogP contribution in [-0.4, -0.2) is 32.9 Å². The zero-order valence-electron chi connectivity index (χ0n) is 13.6. The standard InChI is InChI=1S/C18H23N3O2/c1-12-11-13(2)21(20-12)16-7-3-14(4-8-16)18(23)19-15-5-9-17(22)10-6-15/h3-4,7-8,11,15,17,22H,5-6,9-10H2,1-2H3,(H,19,23). The highest BCUT2D eigenvalue weighted by atomic mass is 16.3. The summed E-state index contributed by atoms with van der Waals surface area (Å²) in [5.74, 6) is -0.0497. The van der Waals surface area contributed by atoms with Crippen molar-refractivity contribution >= 4 is 5.91 Å². The maximum absolute atomic E-state index is 12.3. The lowest BCUT2D eigenvalue weighted by Crippen LogP contribution is -2.38. The van der Waals surface area contributed by atoms with Crippen molar-refractivity contribution in [3.63, 3.8) is 0 Å². The number of nitrogens with zero attached hydrogens (tertiary/aromatic N) is 2. The van der Waals surface area contributed by atoms with Crippen molar-refractivity contribution in [2.75, 3.05) is 0 Å². The van der Waals surface area contributed by atoms with Crippen LogP contribution in [0.25, 0.3) is 5.69 Å². The van der Waals surface area contributed by atoms with E-state index in [1.165, 1.54) is 0 Å². The van der Waals surface area contributed by atoms with Crippen molar-refractivity contribution in [2.45, 2.75) is 51.7 Å². The minimum absolute atomic E-state index is 0.0497. The fourth-order valence-corrected chi connectivity index (χ4v) is 3.13. The molecule has 1 aromatic heterocycles. The summed E-state index contributed by atoms with van der Waals surface area (Å²) >= 11 is 0.